The van der Waals surface area contributed by atoms with Crippen LogP contribution in [-0.2, 0) is 6.42 Å². The molecule has 74 heavy (non-hydrogen) atoms. The molecule has 11 aromatic rings. The number of hydrogen-bond donors (Lipinski definition) is 0. The van der Waals surface area contributed by atoms with E-state index in [1.807, 2.05) is 0 Å². The lowest BCUT2D eigenvalue weighted by atomic mass is 9.90. The standard InChI is InChI=1S/C72H52N2/c1-50-18-5-4-6-19-53-20-12-14-30-66(53)68(46-50)56-40-44-62(45-41-56)73(61-42-38-52(39-43-61)51-34-36-55(37-35-51)65-31-16-24-54-21-11-13-29-64(54)65)63-28-15-25-59(47-63)67-32-17-33-70-72(67)69-48-57-22-9-10-23-58(57)49-71(69)74(70)60-26-7-2-3-8-27-60/h2-7,9-18,20-49H,1,8,19H2/b6-4-,18-5-,68-46-. The van der Waals surface area contributed by atoms with Gasteiger partial charge in [0.2, 0.25) is 0 Å². The van der Waals surface area contributed by atoms with Crippen molar-refractivity contribution in [2.24, 2.45) is 0 Å². The smallest absolute Gasteiger partial charge is 0.0547 e. The molecule has 350 valence electrons. The number of benzene rings is 10. The number of fused-ring (bicyclic) bond motifs is 6. The minimum absolute atomic E-state index is 0.855. The molecular weight excluding hydrogens is 893 g/mol. The van der Waals surface area contributed by atoms with E-state index in [9.17, 15) is 0 Å². The normalized spacial score (nSPS) is 15.1. The number of aromatic nitrogens is 1. The van der Waals surface area contributed by atoms with Crippen LogP contribution in [0.25, 0.3) is 88.0 Å². The van der Waals surface area contributed by atoms with Crippen molar-refractivity contribution in [3.05, 3.63) is 308 Å². The van der Waals surface area contributed by atoms with Gasteiger partial charge in [0.1, 0.15) is 0 Å². The van der Waals surface area contributed by atoms with Gasteiger partial charge in [0.15, 0.2) is 0 Å². The minimum atomic E-state index is 0.855. The molecule has 2 aliphatic carbocycles. The summed E-state index contributed by atoms with van der Waals surface area (Å²) in [5.41, 5.74) is 19.7. The van der Waals surface area contributed by atoms with Crippen LogP contribution in [0.1, 0.15) is 23.1 Å². The van der Waals surface area contributed by atoms with E-state index in [0.717, 1.165) is 57.7 Å². The van der Waals surface area contributed by atoms with Gasteiger partial charge < -0.3 is 9.47 Å². The quantitative estimate of drug-likeness (QED) is 0.147. The summed E-state index contributed by atoms with van der Waals surface area (Å²) in [7, 11) is 0. The second-order valence-corrected chi connectivity index (χ2v) is 19.3. The third-order valence-electron chi connectivity index (χ3n) is 14.7. The number of hydrogen-bond acceptors (Lipinski definition) is 1. The fourth-order valence-corrected chi connectivity index (χ4v) is 11.1. The summed E-state index contributed by atoms with van der Waals surface area (Å²) in [6, 6.07) is 80.4. The van der Waals surface area contributed by atoms with Gasteiger partial charge in [-0.25, -0.2) is 0 Å². The summed E-state index contributed by atoms with van der Waals surface area (Å²) in [4.78, 5) is 2.40. The van der Waals surface area contributed by atoms with Gasteiger partial charge in [-0.1, -0.05) is 219 Å². The van der Waals surface area contributed by atoms with Crippen LogP contribution in [-0.4, -0.2) is 4.57 Å². The Hall–Kier alpha value is -9.50. The van der Waals surface area contributed by atoms with Gasteiger partial charge in [0.25, 0.3) is 0 Å². The monoisotopic (exact) mass is 944 g/mol. The molecule has 10 aromatic carbocycles. The van der Waals surface area contributed by atoms with Gasteiger partial charge >= 0.3 is 0 Å². The summed E-state index contributed by atoms with van der Waals surface area (Å²) in [5.74, 6) is 0. The molecule has 2 aliphatic rings. The topological polar surface area (TPSA) is 8.17 Å². The highest BCUT2D eigenvalue weighted by Gasteiger charge is 2.21. The first kappa shape index (κ1) is 44.4. The third kappa shape index (κ3) is 8.33. The zero-order valence-electron chi connectivity index (χ0n) is 41.1. The Morgan fingerprint density at radius 3 is 1.85 bits per heavy atom. The van der Waals surface area contributed by atoms with Gasteiger partial charge in [-0.05, 0) is 162 Å². The molecular formula is C72H52N2. The lowest BCUT2D eigenvalue weighted by Crippen LogP contribution is -2.10. The zero-order valence-corrected chi connectivity index (χ0v) is 41.1. The van der Waals surface area contributed by atoms with Crippen molar-refractivity contribution in [3.63, 3.8) is 0 Å². The second kappa shape index (κ2) is 19.3. The van der Waals surface area contributed by atoms with E-state index < -0.39 is 0 Å². The molecule has 13 rings (SSSR count). The van der Waals surface area contributed by atoms with Crippen LogP contribution in [0.15, 0.2) is 291 Å². The number of rotatable bonds is 8. The van der Waals surface area contributed by atoms with E-state index in [2.05, 4.69) is 295 Å². The highest BCUT2D eigenvalue weighted by Crippen LogP contribution is 2.44. The first-order chi connectivity index (χ1) is 36.6. The van der Waals surface area contributed by atoms with Crippen LogP contribution in [0, 0.1) is 0 Å². The van der Waals surface area contributed by atoms with Crippen molar-refractivity contribution in [1.82, 2.24) is 4.57 Å². The third-order valence-corrected chi connectivity index (χ3v) is 14.7. The molecule has 0 spiro atoms. The average Bonchev–Trinajstić information content (AvgIpc) is 3.55. The SMILES string of the molecule is C=C1/C=C\C=C/Cc2ccccc2/C(c2ccc(N(c3ccc(-c4ccc(-c5cccc6ccccc56)cc4)cc3)c3cccc(-c4cccc5c4c4cc6ccccc6cc4n5C4=CCC=CC=C4)c3)cc2)=C\1. The van der Waals surface area contributed by atoms with Crippen molar-refractivity contribution < 1.29 is 0 Å². The fraction of sp³-hybridized carbons (Fsp3) is 0.0278. The molecule has 0 saturated heterocycles. The van der Waals surface area contributed by atoms with Crippen LogP contribution in [0.5, 0.6) is 0 Å². The molecule has 0 fully saturated rings. The Morgan fingerprint density at radius 1 is 0.405 bits per heavy atom. The van der Waals surface area contributed by atoms with E-state index in [1.165, 1.54) is 82.4 Å². The molecule has 0 unspecified atom stereocenters. The molecule has 2 heteroatoms. The first-order valence-corrected chi connectivity index (χ1v) is 25.6. The first-order valence-electron chi connectivity index (χ1n) is 25.6. The highest BCUT2D eigenvalue weighted by molar-refractivity contribution is 6.19. The predicted octanol–water partition coefficient (Wildman–Crippen LogP) is 19.6. The van der Waals surface area contributed by atoms with Crippen LogP contribution >= 0.6 is 0 Å². The van der Waals surface area contributed by atoms with Crippen LogP contribution in [0.4, 0.5) is 17.1 Å². The van der Waals surface area contributed by atoms with Gasteiger partial charge in [0, 0.05) is 33.5 Å². The summed E-state index contributed by atoms with van der Waals surface area (Å²) < 4.78 is 2.45. The maximum Gasteiger partial charge on any atom is 0.0547 e. The molecule has 0 atom stereocenters. The van der Waals surface area contributed by atoms with Crippen molar-refractivity contribution >= 4 is 71.7 Å². The van der Waals surface area contributed by atoms with Crippen LogP contribution in [0.3, 0.4) is 0 Å². The maximum atomic E-state index is 4.42. The van der Waals surface area contributed by atoms with E-state index in [0.29, 0.717) is 0 Å². The highest BCUT2D eigenvalue weighted by atomic mass is 15.1. The van der Waals surface area contributed by atoms with Crippen molar-refractivity contribution in [2.75, 3.05) is 4.90 Å². The van der Waals surface area contributed by atoms with Crippen LogP contribution in [0.2, 0.25) is 0 Å². The zero-order chi connectivity index (χ0) is 49.4. The van der Waals surface area contributed by atoms with E-state index in [4.69, 9.17) is 0 Å². The van der Waals surface area contributed by atoms with Crippen molar-refractivity contribution in [2.45, 2.75) is 12.8 Å². The molecule has 0 N–H and O–H groups in total. The van der Waals surface area contributed by atoms with E-state index in [1.54, 1.807) is 0 Å². The number of allylic oxidation sites excluding steroid dienone is 12. The largest absolute Gasteiger partial charge is 0.310 e. The molecule has 2 nitrogen and oxygen atoms in total. The minimum Gasteiger partial charge on any atom is -0.310 e. The Kier molecular flexibility index (Phi) is 11.6. The van der Waals surface area contributed by atoms with Gasteiger partial charge in [-0.2, -0.15) is 0 Å². The van der Waals surface area contributed by atoms with Crippen LogP contribution < -0.4 is 4.90 Å². The van der Waals surface area contributed by atoms with Gasteiger partial charge in [-0.3, -0.25) is 0 Å². The van der Waals surface area contributed by atoms with Crippen molar-refractivity contribution in [3.8, 4) is 33.4 Å². The summed E-state index contributed by atoms with van der Waals surface area (Å²) in [5, 5.41) is 7.46. The molecule has 0 radical (unpaired) electrons. The molecule has 0 saturated carbocycles. The lowest BCUT2D eigenvalue weighted by Gasteiger charge is -2.27. The molecule has 0 amide bonds. The summed E-state index contributed by atoms with van der Waals surface area (Å²) in [6.07, 6.45) is 23.5. The Bertz CT molecular complexity index is 4160. The molecule has 0 aliphatic heterocycles. The van der Waals surface area contributed by atoms with Gasteiger partial charge in [-0.15, -0.1) is 0 Å². The Balaban J connectivity index is 0.932. The van der Waals surface area contributed by atoms with E-state index in [-0.39, 0.29) is 0 Å². The summed E-state index contributed by atoms with van der Waals surface area (Å²) >= 11 is 0. The van der Waals surface area contributed by atoms with Gasteiger partial charge in [0.05, 0.1) is 11.0 Å². The summed E-state index contributed by atoms with van der Waals surface area (Å²) in [6.45, 7) is 4.42. The number of nitrogens with zero attached hydrogens (tertiary/aromatic N) is 2. The van der Waals surface area contributed by atoms with Crippen molar-refractivity contribution in [1.29, 1.82) is 0 Å². The Labute approximate surface area is 433 Å². The number of anilines is 3. The molecule has 0 bridgehead atoms. The Morgan fingerprint density at radius 2 is 1.03 bits per heavy atom. The fourth-order valence-electron chi connectivity index (χ4n) is 11.1. The van der Waals surface area contributed by atoms with E-state index >= 15 is 0 Å². The predicted molar refractivity (Wildman–Crippen MR) is 317 cm³/mol. The average molecular weight is 945 g/mol. The maximum absolute atomic E-state index is 4.42. The lowest BCUT2D eigenvalue weighted by molar-refractivity contribution is 1.22. The molecule has 1 heterocycles. The second-order valence-electron chi connectivity index (χ2n) is 19.3. The molecule has 1 aromatic heterocycles.